The first-order valence-electron chi connectivity index (χ1n) is 6.88. The van der Waals surface area contributed by atoms with Gasteiger partial charge in [0.15, 0.2) is 0 Å². The van der Waals surface area contributed by atoms with Crippen molar-refractivity contribution >= 4 is 34.9 Å². The quantitative estimate of drug-likeness (QED) is 0.478. The summed E-state index contributed by atoms with van der Waals surface area (Å²) >= 11 is 4.15. The van der Waals surface area contributed by atoms with E-state index in [2.05, 4.69) is 44.2 Å². The molecule has 0 nitrogen and oxygen atoms in total. The summed E-state index contributed by atoms with van der Waals surface area (Å²) in [7, 11) is 0. The Balaban J connectivity index is 2.64. The van der Waals surface area contributed by atoms with Crippen LogP contribution < -0.4 is 0 Å². The normalized spacial score (nSPS) is 10.8. The Morgan fingerprint density at radius 1 is 1.00 bits per heavy atom. The van der Waals surface area contributed by atoms with Crippen LogP contribution in [-0.2, 0) is 0 Å². The standard InChI is InChI=1S/C7H5S.2C4H9.Sn.H/c8-6-7-4-2-1-3-5-7;2*1-3-4-2;;/h1-5H;2*1,3-4H2,2H3;;. The first-order valence-corrected chi connectivity index (χ1v) is 13.6. The molecule has 0 aliphatic carbocycles. The Bertz CT molecular complexity index is 313. The van der Waals surface area contributed by atoms with Gasteiger partial charge in [0.05, 0.1) is 0 Å². The van der Waals surface area contributed by atoms with Crippen LogP contribution in [0.4, 0.5) is 0 Å². The maximum atomic E-state index is 5.76. The van der Waals surface area contributed by atoms with Gasteiger partial charge in [-0.15, -0.1) is 0 Å². The number of hydrogen-bond donors (Lipinski definition) is 0. The van der Waals surface area contributed by atoms with Gasteiger partial charge in [-0.1, -0.05) is 0 Å². The molecule has 17 heavy (non-hydrogen) atoms. The Labute approximate surface area is 119 Å². The molecule has 0 aliphatic heterocycles. The van der Waals surface area contributed by atoms with Gasteiger partial charge < -0.3 is 0 Å². The fourth-order valence-corrected chi connectivity index (χ4v) is 13.2. The zero-order valence-electron chi connectivity index (χ0n) is 11.1. The second-order valence-corrected chi connectivity index (χ2v) is 15.3. The molecule has 0 N–H and O–H groups in total. The maximum absolute atomic E-state index is 5.76. The van der Waals surface area contributed by atoms with Gasteiger partial charge in [0, 0.05) is 0 Å². The number of hydrogen-bond acceptors (Lipinski definition) is 1. The summed E-state index contributed by atoms with van der Waals surface area (Å²) < 4.78 is 4.31. The van der Waals surface area contributed by atoms with E-state index in [0.29, 0.717) is 0 Å². The molecule has 0 unspecified atom stereocenters. The van der Waals surface area contributed by atoms with Gasteiger partial charge in [-0.3, -0.25) is 0 Å². The average molecular weight is 355 g/mol. The van der Waals surface area contributed by atoms with Crippen molar-refractivity contribution in [3.63, 3.8) is 0 Å². The van der Waals surface area contributed by atoms with Crippen LogP contribution in [0.3, 0.4) is 0 Å². The molecule has 1 aromatic carbocycles. The molecule has 1 aromatic rings. The van der Waals surface area contributed by atoms with Gasteiger partial charge >= 0.3 is 119 Å². The van der Waals surface area contributed by atoms with Crippen LogP contribution >= 0.6 is 12.2 Å². The topological polar surface area (TPSA) is 0 Å². The summed E-state index contributed by atoms with van der Waals surface area (Å²) in [6, 6.07) is 10.7. The van der Waals surface area contributed by atoms with Crippen LogP contribution in [0.5, 0.6) is 0 Å². The van der Waals surface area contributed by atoms with Crippen molar-refractivity contribution in [2.24, 2.45) is 0 Å². The van der Waals surface area contributed by atoms with E-state index in [1.165, 1.54) is 43.0 Å². The van der Waals surface area contributed by atoms with Gasteiger partial charge in [0.1, 0.15) is 0 Å². The van der Waals surface area contributed by atoms with Crippen molar-refractivity contribution in [3.8, 4) is 0 Å². The van der Waals surface area contributed by atoms with Crippen LogP contribution in [0.1, 0.15) is 45.1 Å². The van der Waals surface area contributed by atoms with Gasteiger partial charge in [-0.25, -0.2) is 0 Å². The molecule has 0 saturated heterocycles. The molecule has 0 aromatic heterocycles. The Morgan fingerprint density at radius 3 is 2.00 bits per heavy atom. The van der Waals surface area contributed by atoms with E-state index in [-0.39, 0.29) is 0 Å². The van der Waals surface area contributed by atoms with E-state index in [4.69, 9.17) is 12.2 Å². The fraction of sp³-hybridized carbons (Fsp3) is 0.533. The second kappa shape index (κ2) is 9.09. The molecule has 0 bridgehead atoms. The molecule has 0 radical (unpaired) electrons. The third kappa shape index (κ3) is 5.52. The van der Waals surface area contributed by atoms with Gasteiger partial charge in [0.2, 0.25) is 0 Å². The number of unbranched alkanes of at least 4 members (excludes halogenated alkanes) is 2. The molecule has 0 aliphatic rings. The van der Waals surface area contributed by atoms with Crippen molar-refractivity contribution in [2.75, 3.05) is 0 Å². The molecule has 0 amide bonds. The van der Waals surface area contributed by atoms with Crippen molar-refractivity contribution in [2.45, 2.75) is 48.4 Å². The van der Waals surface area contributed by atoms with Crippen LogP contribution in [0, 0.1) is 0 Å². The summed E-state index contributed by atoms with van der Waals surface area (Å²) in [5.41, 5.74) is 1.34. The summed E-state index contributed by atoms with van der Waals surface area (Å²) in [4.78, 5) is 0. The number of rotatable bonds is 8. The van der Waals surface area contributed by atoms with Crippen molar-refractivity contribution in [1.82, 2.24) is 0 Å². The summed E-state index contributed by atoms with van der Waals surface area (Å²) in [6.07, 6.45) is 5.41. The molecule has 0 heterocycles. The Hall–Kier alpha value is 0.109. The van der Waals surface area contributed by atoms with Crippen molar-refractivity contribution in [1.29, 1.82) is 0 Å². The summed E-state index contributed by atoms with van der Waals surface area (Å²) in [6.45, 7) is 4.57. The molecular weight excluding hydrogens is 331 g/mol. The molecule has 0 saturated carbocycles. The first kappa shape index (κ1) is 15.2. The second-order valence-electron chi connectivity index (χ2n) is 4.71. The van der Waals surface area contributed by atoms with Crippen LogP contribution in [0.15, 0.2) is 30.3 Å². The molecule has 0 fully saturated rings. The van der Waals surface area contributed by atoms with E-state index in [1.807, 2.05) is 0 Å². The molecule has 0 atom stereocenters. The van der Waals surface area contributed by atoms with E-state index >= 15 is 0 Å². The molecule has 1 rings (SSSR count). The van der Waals surface area contributed by atoms with Crippen LogP contribution in [0.2, 0.25) is 8.87 Å². The molecule has 94 valence electrons. The summed E-state index contributed by atoms with van der Waals surface area (Å²) in [5, 5.41) is 0. The van der Waals surface area contributed by atoms with Gasteiger partial charge in [-0.05, 0) is 0 Å². The van der Waals surface area contributed by atoms with Crippen LogP contribution in [0.25, 0.3) is 0 Å². The van der Waals surface area contributed by atoms with E-state index in [9.17, 15) is 0 Å². The predicted molar refractivity (Wildman–Crippen MR) is 84.7 cm³/mol. The summed E-state index contributed by atoms with van der Waals surface area (Å²) in [5.74, 6) is 0. The van der Waals surface area contributed by atoms with E-state index in [1.54, 1.807) is 0 Å². The zero-order valence-corrected chi connectivity index (χ0v) is 15.2. The van der Waals surface area contributed by atoms with Gasteiger partial charge in [-0.2, -0.15) is 0 Å². The third-order valence-electron chi connectivity index (χ3n) is 3.24. The number of benzene rings is 1. The van der Waals surface area contributed by atoms with E-state index in [0.717, 1.165) is 0 Å². The monoisotopic (exact) mass is 356 g/mol. The fourth-order valence-electron chi connectivity index (χ4n) is 2.15. The van der Waals surface area contributed by atoms with Crippen molar-refractivity contribution < 1.29 is 0 Å². The number of thiocarbonyl (C=S) groups is 1. The zero-order chi connectivity index (χ0) is 12.5. The van der Waals surface area contributed by atoms with Crippen LogP contribution in [-0.4, -0.2) is 22.6 Å². The predicted octanol–water partition coefficient (Wildman–Crippen LogP) is 4.77. The van der Waals surface area contributed by atoms with Crippen molar-refractivity contribution in [3.05, 3.63) is 35.9 Å². The molecule has 2 heteroatoms. The average Bonchev–Trinajstić information content (AvgIpc) is 2.39. The van der Waals surface area contributed by atoms with Gasteiger partial charge in [0.25, 0.3) is 0 Å². The minimum atomic E-state index is -1.61. The SMILES string of the molecule is CCC[CH2][SnH]([CH2]CCC)[C](=S)c1ccccc1. The molecule has 0 spiro atoms. The van der Waals surface area contributed by atoms with E-state index < -0.39 is 19.8 Å². The first-order chi connectivity index (χ1) is 8.29. The Kier molecular flexibility index (Phi) is 8.11. The minimum absolute atomic E-state index is 1.32. The molecular formula is C15H24SSn. The Morgan fingerprint density at radius 2 is 1.53 bits per heavy atom. The third-order valence-corrected chi connectivity index (χ3v) is 15.1.